The molecule has 0 radical (unpaired) electrons. The zero-order chi connectivity index (χ0) is 15.2. The summed E-state index contributed by atoms with van der Waals surface area (Å²) < 4.78 is 26.7. The van der Waals surface area contributed by atoms with E-state index < -0.39 is 17.5 Å². The summed E-state index contributed by atoms with van der Waals surface area (Å²) in [5.74, 6) is -2.55. The quantitative estimate of drug-likeness (QED) is 0.872. The Hall–Kier alpha value is -2.43. The molecule has 0 aliphatic rings. The molecule has 2 rings (SSSR count). The molecule has 0 atom stereocenters. The maximum Gasteiger partial charge on any atom is 0.257 e. The van der Waals surface area contributed by atoms with Gasteiger partial charge in [0.2, 0.25) is 0 Å². The van der Waals surface area contributed by atoms with Gasteiger partial charge < -0.3 is 10.6 Å². The van der Waals surface area contributed by atoms with E-state index in [1.54, 1.807) is 24.3 Å². The van der Waals surface area contributed by atoms with Crippen LogP contribution < -0.4 is 10.6 Å². The second-order valence-corrected chi connectivity index (χ2v) is 4.53. The Labute approximate surface area is 122 Å². The molecule has 2 aromatic rings. The van der Waals surface area contributed by atoms with Gasteiger partial charge in [-0.1, -0.05) is 25.1 Å². The first-order valence-corrected chi connectivity index (χ1v) is 6.71. The Morgan fingerprint density at radius 1 is 1.05 bits per heavy atom. The topological polar surface area (TPSA) is 41.1 Å². The van der Waals surface area contributed by atoms with Crippen molar-refractivity contribution in [1.29, 1.82) is 0 Å². The summed E-state index contributed by atoms with van der Waals surface area (Å²) in [6, 6.07) is 10.6. The third-order valence-electron chi connectivity index (χ3n) is 2.94. The van der Waals surface area contributed by atoms with Crippen LogP contribution in [0.1, 0.15) is 23.7 Å². The van der Waals surface area contributed by atoms with Gasteiger partial charge in [0.05, 0.1) is 11.3 Å². The molecule has 2 N–H and O–H groups in total. The molecular weight excluding hydrogens is 274 g/mol. The number of amides is 1. The summed E-state index contributed by atoms with van der Waals surface area (Å²) in [5.41, 5.74) is 0.869. The van der Waals surface area contributed by atoms with Gasteiger partial charge in [0.25, 0.3) is 5.91 Å². The highest BCUT2D eigenvalue weighted by molar-refractivity contribution is 6.08. The van der Waals surface area contributed by atoms with Crippen molar-refractivity contribution >= 4 is 17.3 Å². The fourth-order valence-electron chi connectivity index (χ4n) is 1.88. The Morgan fingerprint density at radius 3 is 2.52 bits per heavy atom. The van der Waals surface area contributed by atoms with Gasteiger partial charge in [0.15, 0.2) is 11.6 Å². The first-order valence-electron chi connectivity index (χ1n) is 6.71. The van der Waals surface area contributed by atoms with Crippen LogP contribution in [0.15, 0.2) is 42.5 Å². The number of hydrogen-bond acceptors (Lipinski definition) is 2. The minimum Gasteiger partial charge on any atom is -0.384 e. The Kier molecular flexibility index (Phi) is 4.87. The van der Waals surface area contributed by atoms with E-state index in [9.17, 15) is 13.6 Å². The molecule has 2 aromatic carbocycles. The lowest BCUT2D eigenvalue weighted by Gasteiger charge is -2.12. The van der Waals surface area contributed by atoms with Crippen molar-refractivity contribution in [2.45, 2.75) is 13.3 Å². The predicted octanol–water partition coefficient (Wildman–Crippen LogP) is 4.04. The summed E-state index contributed by atoms with van der Waals surface area (Å²) >= 11 is 0. The lowest BCUT2D eigenvalue weighted by molar-refractivity contribution is 0.102. The number of anilines is 2. The van der Waals surface area contributed by atoms with Crippen molar-refractivity contribution in [1.82, 2.24) is 0 Å². The molecule has 0 aliphatic carbocycles. The van der Waals surface area contributed by atoms with Crippen LogP contribution in [0, 0.1) is 11.6 Å². The van der Waals surface area contributed by atoms with Crippen LogP contribution in [0.3, 0.4) is 0 Å². The Balaban J connectivity index is 2.22. The molecule has 0 spiro atoms. The summed E-state index contributed by atoms with van der Waals surface area (Å²) in [6.07, 6.45) is 0.911. The second kappa shape index (κ2) is 6.83. The van der Waals surface area contributed by atoms with Crippen LogP contribution in [0.2, 0.25) is 0 Å². The van der Waals surface area contributed by atoms with E-state index in [1.165, 1.54) is 12.1 Å². The van der Waals surface area contributed by atoms with Gasteiger partial charge in [0, 0.05) is 12.2 Å². The lowest BCUT2D eigenvalue weighted by Crippen LogP contribution is -2.16. The number of benzene rings is 2. The lowest BCUT2D eigenvalue weighted by atomic mass is 10.1. The minimum atomic E-state index is -1.06. The molecule has 3 nitrogen and oxygen atoms in total. The summed E-state index contributed by atoms with van der Waals surface area (Å²) in [4.78, 5) is 12.2. The van der Waals surface area contributed by atoms with Crippen LogP contribution in [-0.2, 0) is 0 Å². The molecular formula is C16H16F2N2O. The SMILES string of the molecule is CCCNc1ccccc1C(=O)Nc1cccc(F)c1F. The van der Waals surface area contributed by atoms with Crippen LogP contribution in [-0.4, -0.2) is 12.5 Å². The van der Waals surface area contributed by atoms with E-state index in [0.717, 1.165) is 19.0 Å². The van der Waals surface area contributed by atoms with Crippen molar-refractivity contribution < 1.29 is 13.6 Å². The van der Waals surface area contributed by atoms with E-state index in [2.05, 4.69) is 10.6 Å². The van der Waals surface area contributed by atoms with Crippen molar-refractivity contribution in [3.63, 3.8) is 0 Å². The highest BCUT2D eigenvalue weighted by Crippen LogP contribution is 2.20. The monoisotopic (exact) mass is 290 g/mol. The normalized spacial score (nSPS) is 10.2. The van der Waals surface area contributed by atoms with E-state index in [-0.39, 0.29) is 5.69 Å². The molecule has 1 amide bonds. The maximum absolute atomic E-state index is 13.6. The number of hydrogen-bond donors (Lipinski definition) is 2. The highest BCUT2D eigenvalue weighted by atomic mass is 19.2. The fraction of sp³-hybridized carbons (Fsp3) is 0.188. The minimum absolute atomic E-state index is 0.176. The molecule has 0 saturated heterocycles. The van der Waals surface area contributed by atoms with Crippen LogP contribution >= 0.6 is 0 Å². The average molecular weight is 290 g/mol. The zero-order valence-electron chi connectivity index (χ0n) is 11.6. The van der Waals surface area contributed by atoms with E-state index in [1.807, 2.05) is 6.92 Å². The smallest absolute Gasteiger partial charge is 0.257 e. The molecule has 0 saturated carbocycles. The van der Waals surface area contributed by atoms with Gasteiger partial charge in [0.1, 0.15) is 0 Å². The van der Waals surface area contributed by atoms with Crippen molar-refractivity contribution in [2.75, 3.05) is 17.2 Å². The molecule has 0 bridgehead atoms. The highest BCUT2D eigenvalue weighted by Gasteiger charge is 2.14. The van der Waals surface area contributed by atoms with E-state index in [0.29, 0.717) is 11.3 Å². The van der Waals surface area contributed by atoms with E-state index in [4.69, 9.17) is 0 Å². The van der Waals surface area contributed by atoms with Gasteiger partial charge in [-0.15, -0.1) is 0 Å². The van der Waals surface area contributed by atoms with Crippen LogP contribution in [0.4, 0.5) is 20.2 Å². The van der Waals surface area contributed by atoms with Crippen molar-refractivity contribution in [2.24, 2.45) is 0 Å². The van der Waals surface area contributed by atoms with Gasteiger partial charge >= 0.3 is 0 Å². The Bertz CT molecular complexity index is 644. The molecule has 0 aromatic heterocycles. The first kappa shape index (κ1) is 15.0. The van der Waals surface area contributed by atoms with Crippen LogP contribution in [0.5, 0.6) is 0 Å². The summed E-state index contributed by atoms with van der Waals surface area (Å²) in [5, 5.41) is 5.52. The Morgan fingerprint density at radius 2 is 1.76 bits per heavy atom. The van der Waals surface area contributed by atoms with Crippen molar-refractivity contribution in [3.05, 3.63) is 59.7 Å². The average Bonchev–Trinajstić information content (AvgIpc) is 2.50. The standard InChI is InChI=1S/C16H16F2N2O/c1-2-10-19-13-8-4-3-6-11(13)16(21)20-14-9-5-7-12(17)15(14)18/h3-9,19H,2,10H2,1H3,(H,20,21). The molecule has 5 heteroatoms. The summed E-state index contributed by atoms with van der Waals surface area (Å²) in [7, 11) is 0. The molecule has 0 heterocycles. The number of nitrogens with one attached hydrogen (secondary N) is 2. The van der Waals surface area contributed by atoms with Gasteiger partial charge in [-0.25, -0.2) is 8.78 Å². The number of para-hydroxylation sites is 1. The fourth-order valence-corrected chi connectivity index (χ4v) is 1.88. The van der Waals surface area contributed by atoms with Gasteiger partial charge in [-0.05, 0) is 30.7 Å². The molecule has 0 aliphatic heterocycles. The number of carbonyl (C=O) groups is 1. The molecule has 110 valence electrons. The third kappa shape index (κ3) is 3.56. The van der Waals surface area contributed by atoms with E-state index >= 15 is 0 Å². The maximum atomic E-state index is 13.6. The van der Waals surface area contributed by atoms with Gasteiger partial charge in [-0.2, -0.15) is 0 Å². The van der Waals surface area contributed by atoms with Crippen molar-refractivity contribution in [3.8, 4) is 0 Å². The summed E-state index contributed by atoms with van der Waals surface area (Å²) in [6.45, 7) is 2.73. The molecule has 21 heavy (non-hydrogen) atoms. The van der Waals surface area contributed by atoms with Gasteiger partial charge in [-0.3, -0.25) is 4.79 Å². The number of halogens is 2. The largest absolute Gasteiger partial charge is 0.384 e. The number of rotatable bonds is 5. The zero-order valence-corrected chi connectivity index (χ0v) is 11.6. The first-order chi connectivity index (χ1) is 10.1. The molecule has 0 fully saturated rings. The molecule has 0 unspecified atom stereocenters. The predicted molar refractivity (Wildman–Crippen MR) is 79.5 cm³/mol. The van der Waals surface area contributed by atoms with Crippen LogP contribution in [0.25, 0.3) is 0 Å². The third-order valence-corrected chi connectivity index (χ3v) is 2.94. The number of carbonyl (C=O) groups excluding carboxylic acids is 1. The second-order valence-electron chi connectivity index (χ2n) is 4.53.